The predicted octanol–water partition coefficient (Wildman–Crippen LogP) is 6.53. The topological polar surface area (TPSA) is 140 Å². The molecule has 62 heavy (non-hydrogen) atoms. The number of nitrogens with zero attached hydrogens (tertiary/aromatic N) is 4. The first-order valence-corrected chi connectivity index (χ1v) is 25.4. The first kappa shape index (κ1) is 49.2. The molecule has 0 aliphatic carbocycles. The molecule has 0 radical (unpaired) electrons. The Morgan fingerprint density at radius 3 is 1.24 bits per heavy atom. The van der Waals surface area contributed by atoms with Crippen LogP contribution in [0.5, 0.6) is 0 Å². The van der Waals surface area contributed by atoms with E-state index in [1.807, 2.05) is 50.2 Å². The number of methoxy groups -OCH3 is 2. The molecule has 0 spiro atoms. The van der Waals surface area contributed by atoms with Crippen molar-refractivity contribution in [2.45, 2.75) is 86.2 Å². The Balaban J connectivity index is 0.000000234. The van der Waals surface area contributed by atoms with E-state index in [-0.39, 0.29) is 12.2 Å². The Kier molecular flexibility index (Phi) is 16.9. The number of sulfonamides is 2. The summed E-state index contributed by atoms with van der Waals surface area (Å²) in [5.74, 6) is 12.8. The summed E-state index contributed by atoms with van der Waals surface area (Å²) in [5.41, 5.74) is 3.12. The second-order valence-electron chi connectivity index (χ2n) is 16.0. The molecule has 0 amide bonds. The SMILES string of the molecule is CC[C@@H](C#Cc1cc(C(C)(C)O)ccc1N1CCN(S(=O)(=O)c2cccs2)CC1)OC.CC[C@H](C#Cc1cc(C(C)(C)O)ccc1N1CCN(S(=O)(=O)c2cccs2)CC1)OC. The van der Waals surface area contributed by atoms with Crippen LogP contribution in [0.2, 0.25) is 0 Å². The largest absolute Gasteiger partial charge is 0.386 e. The van der Waals surface area contributed by atoms with Gasteiger partial charge in [-0.05, 0) is 98.8 Å². The highest BCUT2D eigenvalue weighted by molar-refractivity contribution is 7.91. The van der Waals surface area contributed by atoms with E-state index in [9.17, 15) is 27.0 Å². The molecule has 4 aromatic rings. The number of hydrogen-bond acceptors (Lipinski definition) is 12. The number of thiophene rings is 2. The number of benzene rings is 2. The highest BCUT2D eigenvalue weighted by Gasteiger charge is 2.32. The van der Waals surface area contributed by atoms with Crippen LogP contribution in [-0.2, 0) is 40.7 Å². The van der Waals surface area contributed by atoms with Crippen LogP contribution in [0.25, 0.3) is 0 Å². The molecular weight excluding hydrogens is 865 g/mol. The molecule has 2 atom stereocenters. The summed E-state index contributed by atoms with van der Waals surface area (Å²) < 4.78 is 65.9. The van der Waals surface area contributed by atoms with Crippen LogP contribution in [0.15, 0.2) is 79.8 Å². The van der Waals surface area contributed by atoms with Crippen molar-refractivity contribution < 1.29 is 36.5 Å². The van der Waals surface area contributed by atoms with E-state index in [1.54, 1.807) is 85.6 Å². The van der Waals surface area contributed by atoms with Gasteiger partial charge in [0.15, 0.2) is 0 Å². The normalized spacial score (nSPS) is 16.6. The van der Waals surface area contributed by atoms with E-state index >= 15 is 0 Å². The molecule has 16 heteroatoms. The monoisotopic (exact) mass is 924 g/mol. The van der Waals surface area contributed by atoms with Crippen molar-refractivity contribution in [3.63, 3.8) is 0 Å². The van der Waals surface area contributed by atoms with Crippen LogP contribution < -0.4 is 9.80 Å². The zero-order chi connectivity index (χ0) is 45.3. The Labute approximate surface area is 377 Å². The smallest absolute Gasteiger partial charge is 0.252 e. The van der Waals surface area contributed by atoms with E-state index in [1.165, 1.54) is 22.7 Å². The van der Waals surface area contributed by atoms with Gasteiger partial charge in [0.2, 0.25) is 0 Å². The maximum atomic E-state index is 12.8. The molecule has 0 saturated carbocycles. The number of piperazine rings is 2. The molecule has 336 valence electrons. The number of hydrogen-bond donors (Lipinski definition) is 2. The zero-order valence-electron chi connectivity index (χ0n) is 36.9. The fraction of sp³-hybridized carbons (Fsp3) is 0.478. The summed E-state index contributed by atoms with van der Waals surface area (Å²) in [6.45, 7) is 15.0. The third kappa shape index (κ3) is 12.3. The lowest BCUT2D eigenvalue weighted by atomic mass is 9.95. The number of rotatable bonds is 12. The minimum atomic E-state index is -3.44. The minimum Gasteiger partial charge on any atom is -0.386 e. The quantitative estimate of drug-likeness (QED) is 0.151. The molecule has 0 unspecified atom stereocenters. The molecule has 12 nitrogen and oxygen atoms in total. The maximum Gasteiger partial charge on any atom is 0.252 e. The fourth-order valence-electron chi connectivity index (χ4n) is 6.97. The maximum absolute atomic E-state index is 12.8. The number of ether oxygens (including phenoxy) is 2. The molecule has 4 heterocycles. The van der Waals surface area contributed by atoms with Crippen molar-refractivity contribution >= 4 is 54.1 Å². The lowest BCUT2D eigenvalue weighted by molar-refractivity contribution is 0.0780. The standard InChI is InChI=1S/2C23H30N2O4S2/c2*1-5-20(29-4)10-8-18-17-19(23(2,3)26)9-11-21(18)24-12-14-25(15-13-24)31(27,28)22-7-6-16-30-22/h2*6-7,9,11,16-17,20,26H,5,12-15H2,1-4H3/t2*20-/m10/s1. The molecule has 2 N–H and O–H groups in total. The Hall–Kier alpha value is -3.78. The van der Waals surface area contributed by atoms with Crippen molar-refractivity contribution in [2.75, 3.05) is 76.4 Å². The summed E-state index contributed by atoms with van der Waals surface area (Å²) in [7, 11) is -3.60. The van der Waals surface area contributed by atoms with Crippen molar-refractivity contribution in [1.82, 2.24) is 8.61 Å². The molecule has 2 aromatic heterocycles. The summed E-state index contributed by atoms with van der Waals surface area (Å²) in [4.78, 5) is 4.32. The van der Waals surface area contributed by atoms with Gasteiger partial charge in [0.25, 0.3) is 20.0 Å². The summed E-state index contributed by atoms with van der Waals surface area (Å²) in [5, 5.41) is 24.4. The number of anilines is 2. The second-order valence-corrected chi connectivity index (χ2v) is 22.3. The molecule has 2 aromatic carbocycles. The highest BCUT2D eigenvalue weighted by Crippen LogP contribution is 2.31. The summed E-state index contributed by atoms with van der Waals surface area (Å²) in [6, 6.07) is 18.4. The molecular formula is C46H60N4O8S4. The van der Waals surface area contributed by atoms with E-state index in [0.29, 0.717) is 60.8 Å². The molecule has 2 saturated heterocycles. The average Bonchev–Trinajstić information content (AvgIpc) is 4.01. The molecule has 2 aliphatic heterocycles. The zero-order valence-corrected chi connectivity index (χ0v) is 40.2. The Bertz CT molecular complexity index is 2240. The van der Waals surface area contributed by atoms with Crippen LogP contribution in [0.3, 0.4) is 0 Å². The molecule has 2 aliphatic rings. The number of aliphatic hydroxyl groups is 2. The van der Waals surface area contributed by atoms with Gasteiger partial charge in [-0.15, -0.1) is 22.7 Å². The fourth-order valence-corrected chi connectivity index (χ4v) is 12.1. The molecule has 0 bridgehead atoms. The highest BCUT2D eigenvalue weighted by atomic mass is 32.3. The van der Waals surface area contributed by atoms with Crippen molar-refractivity contribution in [2.24, 2.45) is 0 Å². The van der Waals surface area contributed by atoms with E-state index in [4.69, 9.17) is 9.47 Å². The molecule has 2 fully saturated rings. The van der Waals surface area contributed by atoms with E-state index in [0.717, 1.165) is 46.5 Å². The second kappa shape index (κ2) is 21.3. The van der Waals surface area contributed by atoms with E-state index < -0.39 is 31.2 Å². The van der Waals surface area contributed by atoms with Gasteiger partial charge in [-0.2, -0.15) is 8.61 Å². The third-order valence-electron chi connectivity index (χ3n) is 10.8. The van der Waals surface area contributed by atoms with Crippen LogP contribution in [0.1, 0.15) is 76.6 Å². The van der Waals surface area contributed by atoms with Gasteiger partial charge in [-0.1, -0.05) is 61.8 Å². The predicted molar refractivity (Wildman–Crippen MR) is 250 cm³/mol. The van der Waals surface area contributed by atoms with Crippen LogP contribution in [-0.4, -0.2) is 114 Å². The molecule has 6 rings (SSSR count). The Morgan fingerprint density at radius 2 is 0.968 bits per heavy atom. The van der Waals surface area contributed by atoms with Crippen LogP contribution in [0.4, 0.5) is 11.4 Å². The van der Waals surface area contributed by atoms with Crippen molar-refractivity contribution in [3.05, 3.63) is 93.7 Å². The van der Waals surface area contributed by atoms with Crippen molar-refractivity contribution in [1.29, 1.82) is 0 Å². The van der Waals surface area contributed by atoms with Gasteiger partial charge in [0, 0.05) is 77.7 Å². The van der Waals surface area contributed by atoms with Crippen molar-refractivity contribution in [3.8, 4) is 23.7 Å². The van der Waals surface area contributed by atoms with Gasteiger partial charge >= 0.3 is 0 Å². The lowest BCUT2D eigenvalue weighted by Gasteiger charge is -2.36. The van der Waals surface area contributed by atoms with Crippen LogP contribution >= 0.6 is 22.7 Å². The lowest BCUT2D eigenvalue weighted by Crippen LogP contribution is -2.48. The summed E-state index contributed by atoms with van der Waals surface area (Å²) >= 11 is 2.49. The Morgan fingerprint density at radius 1 is 0.613 bits per heavy atom. The minimum absolute atomic E-state index is 0.161. The average molecular weight is 925 g/mol. The first-order chi connectivity index (χ1) is 29.3. The van der Waals surface area contributed by atoms with E-state index in [2.05, 4.69) is 33.5 Å². The summed E-state index contributed by atoms with van der Waals surface area (Å²) in [6.07, 6.45) is 1.24. The first-order valence-electron chi connectivity index (χ1n) is 20.7. The van der Waals surface area contributed by atoms with Gasteiger partial charge in [-0.25, -0.2) is 16.8 Å². The third-order valence-corrected chi connectivity index (χ3v) is 17.3. The van der Waals surface area contributed by atoms with Gasteiger partial charge in [0.05, 0.1) is 22.6 Å². The van der Waals surface area contributed by atoms with Crippen LogP contribution in [0, 0.1) is 23.7 Å². The van der Waals surface area contributed by atoms with Gasteiger partial charge < -0.3 is 29.5 Å². The van der Waals surface area contributed by atoms with Gasteiger partial charge in [0.1, 0.15) is 20.6 Å². The van der Waals surface area contributed by atoms with Gasteiger partial charge in [-0.3, -0.25) is 0 Å².